The van der Waals surface area contributed by atoms with Crippen LogP contribution >= 0.6 is 0 Å². The van der Waals surface area contributed by atoms with Gasteiger partial charge in [0.15, 0.2) is 0 Å². The van der Waals surface area contributed by atoms with Gasteiger partial charge in [0, 0.05) is 0 Å². The Labute approximate surface area is 110 Å². The minimum absolute atomic E-state index is 0.849. The second-order valence-electron chi connectivity index (χ2n) is 7.42. The van der Waals surface area contributed by atoms with Gasteiger partial charge in [-0.05, 0) is 60.7 Å². The van der Waals surface area contributed by atoms with Crippen molar-refractivity contribution >= 4 is 0 Å². The lowest BCUT2D eigenvalue weighted by Gasteiger charge is -2.42. The molecule has 0 aromatic rings. The molecule has 0 radical (unpaired) electrons. The lowest BCUT2D eigenvalue weighted by molar-refractivity contribution is 0.0839. The van der Waals surface area contributed by atoms with Crippen LogP contribution in [0, 0.1) is 41.4 Å². The Morgan fingerprint density at radius 1 is 0.765 bits per heavy atom. The van der Waals surface area contributed by atoms with Crippen LogP contribution in [-0.4, -0.2) is 0 Å². The Hall–Kier alpha value is 0. The van der Waals surface area contributed by atoms with Gasteiger partial charge in [-0.2, -0.15) is 0 Å². The van der Waals surface area contributed by atoms with Crippen molar-refractivity contribution in [3.63, 3.8) is 0 Å². The highest BCUT2D eigenvalue weighted by Gasteiger charge is 2.34. The zero-order valence-corrected chi connectivity index (χ0v) is 13.2. The highest BCUT2D eigenvalue weighted by molar-refractivity contribution is 4.84. The van der Waals surface area contributed by atoms with E-state index in [4.69, 9.17) is 0 Å². The second kappa shape index (κ2) is 6.25. The lowest BCUT2D eigenvalue weighted by atomic mass is 9.64. The van der Waals surface area contributed by atoms with Crippen molar-refractivity contribution in [1.29, 1.82) is 0 Å². The minimum Gasteiger partial charge on any atom is -0.0625 e. The summed E-state index contributed by atoms with van der Waals surface area (Å²) >= 11 is 0. The van der Waals surface area contributed by atoms with Gasteiger partial charge in [0.1, 0.15) is 0 Å². The molecule has 0 aromatic carbocycles. The van der Waals surface area contributed by atoms with E-state index >= 15 is 0 Å². The van der Waals surface area contributed by atoms with Crippen LogP contribution in [0.2, 0.25) is 0 Å². The van der Waals surface area contributed by atoms with Crippen LogP contribution in [0.25, 0.3) is 0 Å². The normalized spacial score (nSPS) is 34.1. The van der Waals surface area contributed by atoms with Crippen LogP contribution in [-0.2, 0) is 0 Å². The highest BCUT2D eigenvalue weighted by Crippen LogP contribution is 2.43. The van der Waals surface area contributed by atoms with Crippen LogP contribution < -0.4 is 0 Å². The van der Waals surface area contributed by atoms with E-state index in [1.165, 1.54) is 19.3 Å². The summed E-state index contributed by atoms with van der Waals surface area (Å²) in [6.07, 6.45) is 4.43. The average Bonchev–Trinajstić information content (AvgIpc) is 2.26. The third-order valence-electron chi connectivity index (χ3n) is 5.80. The summed E-state index contributed by atoms with van der Waals surface area (Å²) in [5.41, 5.74) is 0. The van der Waals surface area contributed by atoms with E-state index in [1.54, 1.807) is 0 Å². The summed E-state index contributed by atoms with van der Waals surface area (Å²) in [6.45, 7) is 17.0. The van der Waals surface area contributed by atoms with Crippen LogP contribution in [0.4, 0.5) is 0 Å². The predicted molar refractivity (Wildman–Crippen MR) is 78.0 cm³/mol. The quantitative estimate of drug-likeness (QED) is 0.596. The maximum absolute atomic E-state index is 2.50. The van der Waals surface area contributed by atoms with E-state index in [2.05, 4.69) is 48.5 Å². The molecular weight excluding hydrogens is 204 g/mol. The smallest absolute Gasteiger partial charge is 0.0360 e. The van der Waals surface area contributed by atoms with Gasteiger partial charge in [0.2, 0.25) is 0 Å². The van der Waals surface area contributed by atoms with Gasteiger partial charge >= 0.3 is 0 Å². The topological polar surface area (TPSA) is 0 Å². The molecule has 1 fully saturated rings. The third kappa shape index (κ3) is 3.73. The first-order valence-corrected chi connectivity index (χ1v) is 7.84. The molecule has 0 bridgehead atoms. The molecule has 0 heteroatoms. The van der Waals surface area contributed by atoms with E-state index in [9.17, 15) is 0 Å². The summed E-state index contributed by atoms with van der Waals surface area (Å²) < 4.78 is 0. The SMILES string of the molecule is CC(C)C(C)C1CCC(C(C)C(C)C)C(C)C1. The fourth-order valence-electron chi connectivity index (χ4n) is 3.76. The first-order valence-electron chi connectivity index (χ1n) is 7.84. The molecule has 0 aromatic heterocycles. The molecule has 17 heavy (non-hydrogen) atoms. The van der Waals surface area contributed by atoms with Gasteiger partial charge in [-0.25, -0.2) is 0 Å². The van der Waals surface area contributed by atoms with E-state index in [0.717, 1.165) is 41.4 Å². The summed E-state index contributed by atoms with van der Waals surface area (Å²) in [4.78, 5) is 0. The molecule has 0 amide bonds. The van der Waals surface area contributed by atoms with E-state index in [1.807, 2.05) is 0 Å². The van der Waals surface area contributed by atoms with Gasteiger partial charge in [-0.3, -0.25) is 0 Å². The van der Waals surface area contributed by atoms with Gasteiger partial charge in [0.25, 0.3) is 0 Å². The van der Waals surface area contributed by atoms with E-state index in [-0.39, 0.29) is 0 Å². The summed E-state index contributed by atoms with van der Waals surface area (Å²) in [7, 11) is 0. The first kappa shape index (κ1) is 15.1. The summed E-state index contributed by atoms with van der Waals surface area (Å²) in [5, 5.41) is 0. The fourth-order valence-corrected chi connectivity index (χ4v) is 3.76. The molecule has 1 saturated carbocycles. The standard InChI is InChI=1S/C17H34/c1-11(2)14(6)16-8-9-17(13(5)10-16)15(7)12(3)4/h11-17H,8-10H2,1-7H3. The van der Waals surface area contributed by atoms with Crippen molar-refractivity contribution in [1.82, 2.24) is 0 Å². The maximum Gasteiger partial charge on any atom is -0.0360 e. The third-order valence-corrected chi connectivity index (χ3v) is 5.80. The molecule has 1 aliphatic rings. The average molecular weight is 238 g/mol. The van der Waals surface area contributed by atoms with Crippen molar-refractivity contribution < 1.29 is 0 Å². The molecule has 0 heterocycles. The Bertz CT molecular complexity index is 216. The molecule has 0 aliphatic heterocycles. The first-order chi connectivity index (χ1) is 7.84. The largest absolute Gasteiger partial charge is 0.0625 e. The molecule has 5 unspecified atom stereocenters. The molecule has 5 atom stereocenters. The molecule has 102 valence electrons. The summed E-state index contributed by atoms with van der Waals surface area (Å²) in [5.74, 6) is 6.42. The van der Waals surface area contributed by atoms with Crippen molar-refractivity contribution in [2.45, 2.75) is 67.7 Å². The van der Waals surface area contributed by atoms with Crippen molar-refractivity contribution in [2.75, 3.05) is 0 Å². The van der Waals surface area contributed by atoms with Crippen molar-refractivity contribution in [3.8, 4) is 0 Å². The zero-order valence-electron chi connectivity index (χ0n) is 13.2. The molecular formula is C17H34. The molecule has 0 nitrogen and oxygen atoms in total. The van der Waals surface area contributed by atoms with Gasteiger partial charge in [-0.15, -0.1) is 0 Å². The van der Waals surface area contributed by atoms with Crippen LogP contribution in [0.15, 0.2) is 0 Å². The van der Waals surface area contributed by atoms with Crippen LogP contribution in [0.5, 0.6) is 0 Å². The van der Waals surface area contributed by atoms with Crippen LogP contribution in [0.3, 0.4) is 0 Å². The Kier molecular flexibility index (Phi) is 5.54. The van der Waals surface area contributed by atoms with E-state index < -0.39 is 0 Å². The zero-order chi connectivity index (χ0) is 13.2. The van der Waals surface area contributed by atoms with Gasteiger partial charge in [-0.1, -0.05) is 48.5 Å². The van der Waals surface area contributed by atoms with Crippen molar-refractivity contribution in [3.05, 3.63) is 0 Å². The fraction of sp³-hybridized carbons (Fsp3) is 1.00. The monoisotopic (exact) mass is 238 g/mol. The minimum atomic E-state index is 0.849. The van der Waals surface area contributed by atoms with E-state index in [0.29, 0.717) is 0 Å². The summed E-state index contributed by atoms with van der Waals surface area (Å²) in [6, 6.07) is 0. The molecule has 1 aliphatic carbocycles. The Morgan fingerprint density at radius 3 is 1.71 bits per heavy atom. The molecule has 1 rings (SSSR count). The number of rotatable bonds is 4. The second-order valence-corrected chi connectivity index (χ2v) is 7.42. The highest BCUT2D eigenvalue weighted by atomic mass is 14.4. The molecule has 0 saturated heterocycles. The maximum atomic E-state index is 2.50. The molecule has 0 spiro atoms. The lowest BCUT2D eigenvalue weighted by Crippen LogP contribution is -2.33. The Morgan fingerprint density at radius 2 is 1.29 bits per heavy atom. The molecule has 0 N–H and O–H groups in total. The number of hydrogen-bond donors (Lipinski definition) is 0. The van der Waals surface area contributed by atoms with Gasteiger partial charge < -0.3 is 0 Å². The number of hydrogen-bond acceptors (Lipinski definition) is 0. The van der Waals surface area contributed by atoms with Crippen LogP contribution in [0.1, 0.15) is 67.7 Å². The predicted octanol–water partition coefficient (Wildman–Crippen LogP) is 5.62. The Balaban J connectivity index is 2.55. The van der Waals surface area contributed by atoms with Gasteiger partial charge in [0.05, 0.1) is 0 Å². The van der Waals surface area contributed by atoms with Crippen molar-refractivity contribution in [2.24, 2.45) is 41.4 Å².